The number of benzene rings is 2. The first-order chi connectivity index (χ1) is 14.1. The molecule has 148 valence electrons. The van der Waals surface area contributed by atoms with Gasteiger partial charge in [-0.15, -0.1) is 0 Å². The third-order valence-corrected chi connectivity index (χ3v) is 4.78. The van der Waals surface area contributed by atoms with E-state index in [1.54, 1.807) is 44.5 Å². The van der Waals surface area contributed by atoms with Gasteiger partial charge in [0.2, 0.25) is 0 Å². The molecule has 0 saturated carbocycles. The van der Waals surface area contributed by atoms with E-state index in [4.69, 9.17) is 25.8 Å². The van der Waals surface area contributed by atoms with Gasteiger partial charge >= 0.3 is 5.97 Å². The number of nitrogens with zero attached hydrogens (tertiary/aromatic N) is 1. The Morgan fingerprint density at radius 2 is 1.90 bits per heavy atom. The number of rotatable bonds is 6. The minimum absolute atomic E-state index is 0.209. The van der Waals surface area contributed by atoms with Crippen LogP contribution in [-0.4, -0.2) is 29.7 Å². The van der Waals surface area contributed by atoms with Crippen LogP contribution in [0.2, 0.25) is 5.02 Å². The second-order valence-electron chi connectivity index (χ2n) is 6.39. The normalized spacial score (nSPS) is 11.1. The van der Waals surface area contributed by atoms with Crippen LogP contribution in [0.3, 0.4) is 0 Å². The van der Waals surface area contributed by atoms with Crippen LogP contribution in [0.1, 0.15) is 23.0 Å². The number of esters is 1. The minimum atomic E-state index is -0.480. The number of ether oxygens (including phenoxy) is 3. The van der Waals surface area contributed by atoms with Crippen molar-refractivity contribution in [3.05, 3.63) is 64.9 Å². The lowest BCUT2D eigenvalue weighted by atomic mass is 10.0. The summed E-state index contributed by atoms with van der Waals surface area (Å²) in [6.07, 6.45) is 1.63. The summed E-state index contributed by atoms with van der Waals surface area (Å²) in [5.41, 5.74) is 2.55. The summed E-state index contributed by atoms with van der Waals surface area (Å²) in [6, 6.07) is 12.9. The quantitative estimate of drug-likeness (QED) is 0.426. The molecule has 6 nitrogen and oxygen atoms in total. The van der Waals surface area contributed by atoms with Gasteiger partial charge in [-0.1, -0.05) is 17.7 Å². The van der Waals surface area contributed by atoms with E-state index in [9.17, 15) is 4.79 Å². The first-order valence-corrected chi connectivity index (χ1v) is 9.52. The molecule has 0 aliphatic carbocycles. The zero-order valence-electron chi connectivity index (χ0n) is 16.0. The van der Waals surface area contributed by atoms with Crippen LogP contribution in [0.15, 0.2) is 48.7 Å². The van der Waals surface area contributed by atoms with Gasteiger partial charge in [0.05, 0.1) is 35.8 Å². The molecule has 0 atom stereocenters. The van der Waals surface area contributed by atoms with E-state index in [-0.39, 0.29) is 18.9 Å². The lowest BCUT2D eigenvalue weighted by molar-refractivity contribution is 0.0514. The highest BCUT2D eigenvalue weighted by molar-refractivity contribution is 6.30. The van der Waals surface area contributed by atoms with Crippen molar-refractivity contribution in [2.24, 2.45) is 0 Å². The Kier molecular flexibility index (Phi) is 5.38. The van der Waals surface area contributed by atoms with Gasteiger partial charge in [-0.2, -0.15) is 0 Å². The molecule has 0 radical (unpaired) electrons. The van der Waals surface area contributed by atoms with Crippen LogP contribution in [0.5, 0.6) is 11.5 Å². The molecule has 2 aromatic heterocycles. The van der Waals surface area contributed by atoms with Crippen LogP contribution in [-0.2, 0) is 16.1 Å². The van der Waals surface area contributed by atoms with Crippen molar-refractivity contribution in [3.63, 3.8) is 0 Å². The van der Waals surface area contributed by atoms with Crippen molar-refractivity contribution < 1.29 is 19.0 Å². The molecular formula is C22H19ClN2O4. The Bertz CT molecular complexity index is 1190. The summed E-state index contributed by atoms with van der Waals surface area (Å²) in [5, 5.41) is 2.30. The predicted molar refractivity (Wildman–Crippen MR) is 112 cm³/mol. The fraction of sp³-hybridized carbons (Fsp3) is 0.182. The molecule has 0 amide bonds. The summed E-state index contributed by atoms with van der Waals surface area (Å²) in [6.45, 7) is 2.24. The first kappa shape index (κ1) is 19.2. The zero-order valence-corrected chi connectivity index (χ0v) is 16.7. The maximum absolute atomic E-state index is 12.5. The van der Waals surface area contributed by atoms with E-state index >= 15 is 0 Å². The Labute approximate surface area is 172 Å². The monoisotopic (exact) mass is 410 g/mol. The summed E-state index contributed by atoms with van der Waals surface area (Å²) < 4.78 is 16.7. The minimum Gasteiger partial charge on any atom is -0.461 e. The van der Waals surface area contributed by atoms with Gasteiger partial charge in [0, 0.05) is 23.1 Å². The standard InChI is InChI=1S/C22H19ClN2O4/c1-3-28-22(26)21-15(12-27-2)19-17(11-24-21)25-16-5-4-6-18(20(16)19)29-14-9-7-13(23)8-10-14/h4-11,25H,3,12H2,1-2H3. The highest BCUT2D eigenvalue weighted by Gasteiger charge is 2.22. The van der Waals surface area contributed by atoms with E-state index in [2.05, 4.69) is 9.97 Å². The van der Waals surface area contributed by atoms with E-state index in [1.807, 2.05) is 18.2 Å². The van der Waals surface area contributed by atoms with Crippen molar-refractivity contribution in [1.82, 2.24) is 9.97 Å². The van der Waals surface area contributed by atoms with Crippen LogP contribution in [0, 0.1) is 0 Å². The highest BCUT2D eigenvalue weighted by Crippen LogP contribution is 2.38. The maximum atomic E-state index is 12.5. The van der Waals surface area contributed by atoms with Gasteiger partial charge in [0.1, 0.15) is 11.5 Å². The van der Waals surface area contributed by atoms with Crippen molar-refractivity contribution in [1.29, 1.82) is 0 Å². The molecule has 0 unspecified atom stereocenters. The number of hydrogen-bond acceptors (Lipinski definition) is 5. The largest absolute Gasteiger partial charge is 0.461 e. The number of H-pyrrole nitrogens is 1. The van der Waals surface area contributed by atoms with E-state index < -0.39 is 5.97 Å². The number of nitrogens with one attached hydrogen (secondary N) is 1. The molecule has 0 saturated heterocycles. The molecule has 2 heterocycles. The molecule has 0 fully saturated rings. The lowest BCUT2D eigenvalue weighted by Crippen LogP contribution is -2.11. The van der Waals surface area contributed by atoms with Gasteiger partial charge in [-0.25, -0.2) is 9.78 Å². The van der Waals surface area contributed by atoms with Crippen molar-refractivity contribution in [2.75, 3.05) is 13.7 Å². The molecule has 0 spiro atoms. The maximum Gasteiger partial charge on any atom is 0.357 e. The van der Waals surface area contributed by atoms with Gasteiger partial charge in [0.15, 0.2) is 5.69 Å². The van der Waals surface area contributed by atoms with Crippen LogP contribution >= 0.6 is 11.6 Å². The van der Waals surface area contributed by atoms with Gasteiger partial charge in [0.25, 0.3) is 0 Å². The zero-order chi connectivity index (χ0) is 20.4. The molecule has 7 heteroatoms. The number of pyridine rings is 1. The number of halogens is 1. The molecule has 4 rings (SSSR count). The average molecular weight is 411 g/mol. The van der Waals surface area contributed by atoms with Crippen LogP contribution in [0.25, 0.3) is 21.8 Å². The number of carbonyl (C=O) groups excluding carboxylic acids is 1. The molecule has 1 N–H and O–H groups in total. The third-order valence-electron chi connectivity index (χ3n) is 4.52. The van der Waals surface area contributed by atoms with E-state index in [0.717, 1.165) is 21.8 Å². The van der Waals surface area contributed by atoms with Crippen molar-refractivity contribution >= 4 is 39.4 Å². The third kappa shape index (κ3) is 3.64. The molecule has 0 bridgehead atoms. The predicted octanol–water partition coefficient (Wildman–Crippen LogP) is 5.48. The van der Waals surface area contributed by atoms with Crippen molar-refractivity contribution in [2.45, 2.75) is 13.5 Å². The van der Waals surface area contributed by atoms with Crippen LogP contribution < -0.4 is 4.74 Å². The molecule has 29 heavy (non-hydrogen) atoms. The summed E-state index contributed by atoms with van der Waals surface area (Å²) in [5.74, 6) is 0.825. The highest BCUT2D eigenvalue weighted by atomic mass is 35.5. The molecule has 4 aromatic rings. The molecular weight excluding hydrogens is 392 g/mol. The number of aromatic nitrogens is 2. The number of methoxy groups -OCH3 is 1. The number of aromatic amines is 1. The van der Waals surface area contributed by atoms with E-state index in [0.29, 0.717) is 22.1 Å². The fourth-order valence-corrected chi connectivity index (χ4v) is 3.47. The van der Waals surface area contributed by atoms with Crippen LogP contribution in [0.4, 0.5) is 0 Å². The Balaban J connectivity index is 1.94. The lowest BCUT2D eigenvalue weighted by Gasteiger charge is -2.11. The summed E-state index contributed by atoms with van der Waals surface area (Å²) >= 11 is 5.97. The Morgan fingerprint density at radius 3 is 2.62 bits per heavy atom. The van der Waals surface area contributed by atoms with Gasteiger partial charge in [-0.05, 0) is 43.3 Å². The molecule has 2 aromatic carbocycles. The second kappa shape index (κ2) is 8.11. The van der Waals surface area contributed by atoms with E-state index in [1.165, 1.54) is 0 Å². The molecule has 0 aliphatic heterocycles. The van der Waals surface area contributed by atoms with Gasteiger partial charge < -0.3 is 19.2 Å². The SMILES string of the molecule is CCOC(=O)c1ncc2[nH]c3cccc(Oc4ccc(Cl)cc4)c3c2c1COC. The molecule has 0 aliphatic rings. The Morgan fingerprint density at radius 1 is 1.10 bits per heavy atom. The smallest absolute Gasteiger partial charge is 0.357 e. The topological polar surface area (TPSA) is 73.4 Å². The number of carbonyl (C=O) groups is 1. The van der Waals surface area contributed by atoms with Crippen molar-refractivity contribution in [3.8, 4) is 11.5 Å². The Hall–Kier alpha value is -3.09. The van der Waals surface area contributed by atoms with Gasteiger partial charge in [-0.3, -0.25) is 0 Å². The summed E-state index contributed by atoms with van der Waals surface area (Å²) in [7, 11) is 1.58. The average Bonchev–Trinajstić information content (AvgIpc) is 3.10. The number of fused-ring (bicyclic) bond motifs is 3. The fourth-order valence-electron chi connectivity index (χ4n) is 3.35. The first-order valence-electron chi connectivity index (χ1n) is 9.14. The number of hydrogen-bond donors (Lipinski definition) is 1. The second-order valence-corrected chi connectivity index (χ2v) is 6.82. The summed E-state index contributed by atoms with van der Waals surface area (Å²) in [4.78, 5) is 20.1.